The highest BCUT2D eigenvalue weighted by atomic mass is 15.0. The Morgan fingerprint density at radius 3 is 2.73 bits per heavy atom. The lowest BCUT2D eigenvalue weighted by Crippen LogP contribution is -2.11. The molecule has 0 saturated heterocycles. The molecule has 0 amide bonds. The van der Waals surface area contributed by atoms with Crippen LogP contribution in [-0.2, 0) is 6.42 Å². The Bertz CT molecular complexity index is 309. The fraction of sp³-hybridized carbons (Fsp3) is 0.636. The van der Waals surface area contributed by atoms with Gasteiger partial charge >= 0.3 is 0 Å². The second-order valence-corrected chi connectivity index (χ2v) is 4.12. The van der Waals surface area contributed by atoms with E-state index in [0.29, 0.717) is 11.7 Å². The molecule has 15 heavy (non-hydrogen) atoms. The summed E-state index contributed by atoms with van der Waals surface area (Å²) in [4.78, 5) is 8.57. The summed E-state index contributed by atoms with van der Waals surface area (Å²) in [7, 11) is 0. The smallest absolute Gasteiger partial charge is 0.133 e. The third-order valence-corrected chi connectivity index (χ3v) is 1.96. The molecular weight excluding hydrogens is 188 g/mol. The highest BCUT2D eigenvalue weighted by molar-refractivity contribution is 5.44. The highest BCUT2D eigenvalue weighted by Gasteiger charge is 2.02. The minimum atomic E-state index is 0.541. The van der Waals surface area contributed by atoms with E-state index >= 15 is 0 Å². The number of hydrogen-bond acceptors (Lipinski definition) is 4. The molecule has 0 fully saturated rings. The van der Waals surface area contributed by atoms with Crippen LogP contribution in [-0.4, -0.2) is 16.5 Å². The number of nitrogens with one attached hydrogen (secondary N) is 1. The second kappa shape index (κ2) is 5.53. The van der Waals surface area contributed by atoms with Gasteiger partial charge in [0.05, 0.1) is 0 Å². The van der Waals surface area contributed by atoms with Crippen LogP contribution < -0.4 is 11.1 Å². The Morgan fingerprint density at radius 2 is 2.13 bits per heavy atom. The maximum Gasteiger partial charge on any atom is 0.133 e. The van der Waals surface area contributed by atoms with Crippen molar-refractivity contribution in [3.05, 3.63) is 11.9 Å². The predicted octanol–water partition coefficient (Wildman–Crippen LogP) is 2.08. The SMILES string of the molecule is CCCc1nc(N)cc(NCC(C)C)n1. The topological polar surface area (TPSA) is 63.8 Å². The molecule has 1 aromatic rings. The Morgan fingerprint density at radius 1 is 1.40 bits per heavy atom. The van der Waals surface area contributed by atoms with Crippen LogP contribution in [0.1, 0.15) is 33.0 Å². The Balaban J connectivity index is 2.70. The molecule has 1 aromatic heterocycles. The van der Waals surface area contributed by atoms with Gasteiger partial charge in [-0.15, -0.1) is 0 Å². The van der Waals surface area contributed by atoms with Crippen LogP contribution in [0, 0.1) is 5.92 Å². The van der Waals surface area contributed by atoms with E-state index in [1.54, 1.807) is 6.07 Å². The molecule has 0 unspecified atom stereocenters. The second-order valence-electron chi connectivity index (χ2n) is 4.12. The van der Waals surface area contributed by atoms with Crippen molar-refractivity contribution in [1.29, 1.82) is 0 Å². The molecular formula is C11H20N4. The number of anilines is 2. The molecule has 1 rings (SSSR count). The van der Waals surface area contributed by atoms with Crippen molar-refractivity contribution in [3.8, 4) is 0 Å². The fourth-order valence-corrected chi connectivity index (χ4v) is 1.25. The molecule has 0 aliphatic carbocycles. The minimum Gasteiger partial charge on any atom is -0.384 e. The number of nitrogens with two attached hydrogens (primary N) is 1. The molecule has 4 heteroatoms. The molecule has 0 atom stereocenters. The number of nitrogen functional groups attached to an aromatic ring is 1. The minimum absolute atomic E-state index is 0.541. The van der Waals surface area contributed by atoms with Crippen molar-refractivity contribution in [1.82, 2.24) is 9.97 Å². The summed E-state index contributed by atoms with van der Waals surface area (Å²) in [6.45, 7) is 7.32. The molecule has 3 N–H and O–H groups in total. The predicted molar refractivity (Wildman–Crippen MR) is 63.8 cm³/mol. The largest absolute Gasteiger partial charge is 0.384 e. The Kier molecular flexibility index (Phi) is 4.34. The summed E-state index contributed by atoms with van der Waals surface area (Å²) < 4.78 is 0. The first-order chi connectivity index (χ1) is 7.11. The van der Waals surface area contributed by atoms with Gasteiger partial charge in [-0.3, -0.25) is 0 Å². The van der Waals surface area contributed by atoms with Crippen molar-refractivity contribution < 1.29 is 0 Å². The number of aryl methyl sites for hydroxylation is 1. The number of rotatable bonds is 5. The molecule has 0 saturated carbocycles. The number of hydrogen-bond donors (Lipinski definition) is 2. The fourth-order valence-electron chi connectivity index (χ4n) is 1.25. The highest BCUT2D eigenvalue weighted by Crippen LogP contribution is 2.10. The van der Waals surface area contributed by atoms with E-state index in [9.17, 15) is 0 Å². The molecule has 84 valence electrons. The average molecular weight is 208 g/mol. The van der Waals surface area contributed by atoms with E-state index in [2.05, 4.69) is 36.1 Å². The lowest BCUT2D eigenvalue weighted by atomic mass is 10.2. The van der Waals surface area contributed by atoms with Crippen LogP contribution in [0.5, 0.6) is 0 Å². The van der Waals surface area contributed by atoms with Gasteiger partial charge in [-0.25, -0.2) is 9.97 Å². The van der Waals surface area contributed by atoms with Crippen molar-refractivity contribution in [3.63, 3.8) is 0 Å². The van der Waals surface area contributed by atoms with Gasteiger partial charge in [-0.05, 0) is 12.3 Å². The molecule has 0 bridgehead atoms. The summed E-state index contributed by atoms with van der Waals surface area (Å²) in [5.74, 6) is 2.79. The van der Waals surface area contributed by atoms with Crippen LogP contribution in [0.4, 0.5) is 11.6 Å². The molecule has 1 heterocycles. The summed E-state index contributed by atoms with van der Waals surface area (Å²) in [6, 6.07) is 1.78. The first-order valence-corrected chi connectivity index (χ1v) is 5.49. The Hall–Kier alpha value is -1.32. The molecule has 0 radical (unpaired) electrons. The Labute approximate surface area is 91.3 Å². The maximum absolute atomic E-state index is 5.70. The summed E-state index contributed by atoms with van der Waals surface area (Å²) in [6.07, 6.45) is 1.91. The van der Waals surface area contributed by atoms with E-state index in [-0.39, 0.29) is 0 Å². The van der Waals surface area contributed by atoms with Crippen LogP contribution in [0.2, 0.25) is 0 Å². The monoisotopic (exact) mass is 208 g/mol. The van der Waals surface area contributed by atoms with Gasteiger partial charge in [-0.2, -0.15) is 0 Å². The molecule has 0 aliphatic heterocycles. The normalized spacial score (nSPS) is 10.7. The zero-order valence-corrected chi connectivity index (χ0v) is 9.75. The third-order valence-electron chi connectivity index (χ3n) is 1.96. The number of nitrogens with zero attached hydrogens (tertiary/aromatic N) is 2. The zero-order chi connectivity index (χ0) is 11.3. The standard InChI is InChI=1S/C11H20N4/c1-4-5-10-14-9(12)6-11(15-10)13-7-8(2)3/h6,8H,4-5,7H2,1-3H3,(H3,12,13,14,15). The van der Waals surface area contributed by atoms with Gasteiger partial charge in [-0.1, -0.05) is 20.8 Å². The number of aromatic nitrogens is 2. The molecule has 0 aromatic carbocycles. The van der Waals surface area contributed by atoms with Gasteiger partial charge in [0.15, 0.2) is 0 Å². The van der Waals surface area contributed by atoms with Gasteiger partial charge in [0.1, 0.15) is 17.5 Å². The molecule has 0 aliphatic rings. The van der Waals surface area contributed by atoms with E-state index < -0.39 is 0 Å². The molecule has 0 spiro atoms. The van der Waals surface area contributed by atoms with E-state index in [0.717, 1.165) is 31.0 Å². The summed E-state index contributed by atoms with van der Waals surface area (Å²) in [5, 5.41) is 3.25. The van der Waals surface area contributed by atoms with Gasteiger partial charge in [0, 0.05) is 19.0 Å². The van der Waals surface area contributed by atoms with Crippen LogP contribution in [0.15, 0.2) is 6.07 Å². The van der Waals surface area contributed by atoms with E-state index in [4.69, 9.17) is 5.73 Å². The van der Waals surface area contributed by atoms with Gasteiger partial charge in [0.2, 0.25) is 0 Å². The van der Waals surface area contributed by atoms with E-state index in [1.807, 2.05) is 0 Å². The maximum atomic E-state index is 5.70. The summed E-state index contributed by atoms with van der Waals surface area (Å²) in [5.41, 5.74) is 5.70. The van der Waals surface area contributed by atoms with Crippen molar-refractivity contribution in [2.75, 3.05) is 17.6 Å². The van der Waals surface area contributed by atoms with Crippen molar-refractivity contribution in [2.45, 2.75) is 33.6 Å². The summed E-state index contributed by atoms with van der Waals surface area (Å²) >= 11 is 0. The van der Waals surface area contributed by atoms with E-state index in [1.165, 1.54) is 0 Å². The first kappa shape index (κ1) is 11.8. The lowest BCUT2D eigenvalue weighted by molar-refractivity contribution is 0.685. The van der Waals surface area contributed by atoms with Crippen LogP contribution >= 0.6 is 0 Å². The zero-order valence-electron chi connectivity index (χ0n) is 9.75. The average Bonchev–Trinajstić information content (AvgIpc) is 2.14. The van der Waals surface area contributed by atoms with Crippen molar-refractivity contribution in [2.24, 2.45) is 5.92 Å². The third kappa shape index (κ3) is 4.14. The first-order valence-electron chi connectivity index (χ1n) is 5.49. The van der Waals surface area contributed by atoms with Crippen LogP contribution in [0.25, 0.3) is 0 Å². The van der Waals surface area contributed by atoms with Crippen molar-refractivity contribution >= 4 is 11.6 Å². The van der Waals surface area contributed by atoms with Gasteiger partial charge < -0.3 is 11.1 Å². The lowest BCUT2D eigenvalue weighted by Gasteiger charge is -2.09. The van der Waals surface area contributed by atoms with Gasteiger partial charge in [0.25, 0.3) is 0 Å². The quantitative estimate of drug-likeness (QED) is 0.777. The molecule has 4 nitrogen and oxygen atoms in total. The van der Waals surface area contributed by atoms with Crippen LogP contribution in [0.3, 0.4) is 0 Å².